The highest BCUT2D eigenvalue weighted by Gasteiger charge is 2.26. The summed E-state index contributed by atoms with van der Waals surface area (Å²) in [5.41, 5.74) is 3.26. The van der Waals surface area contributed by atoms with Crippen LogP contribution >= 0.6 is 0 Å². The summed E-state index contributed by atoms with van der Waals surface area (Å²) in [6, 6.07) is 11.4. The number of pyridine rings is 1. The van der Waals surface area contributed by atoms with E-state index in [0.717, 1.165) is 43.4 Å². The summed E-state index contributed by atoms with van der Waals surface area (Å²) >= 11 is 0. The Balaban J connectivity index is 1.60. The lowest BCUT2D eigenvalue weighted by atomic mass is 9.77. The largest absolute Gasteiger partial charge is 0.465 e. The molecule has 0 saturated heterocycles. The first-order chi connectivity index (χ1) is 15.0. The quantitative estimate of drug-likeness (QED) is 0.643. The highest BCUT2D eigenvalue weighted by Crippen LogP contribution is 2.37. The van der Waals surface area contributed by atoms with Gasteiger partial charge in [0.05, 0.1) is 24.4 Å². The molecule has 0 bridgehead atoms. The molecular formula is C24H28N4O3. The van der Waals surface area contributed by atoms with Gasteiger partial charge in [0.1, 0.15) is 12.2 Å². The molecule has 3 rings (SSSR count). The second kappa shape index (κ2) is 10.6. The number of hydrogen-bond acceptors (Lipinski definition) is 6. The van der Waals surface area contributed by atoms with Crippen LogP contribution in [0.15, 0.2) is 36.5 Å². The zero-order valence-electron chi connectivity index (χ0n) is 18.0. The predicted octanol–water partition coefficient (Wildman–Crippen LogP) is 4.41. The summed E-state index contributed by atoms with van der Waals surface area (Å²) in [5.74, 6) is 0.836. The van der Waals surface area contributed by atoms with Gasteiger partial charge in [0.25, 0.3) is 0 Å². The average Bonchev–Trinajstić information content (AvgIpc) is 2.79. The summed E-state index contributed by atoms with van der Waals surface area (Å²) in [5, 5.41) is 14.9. The molecule has 1 saturated carbocycles. The van der Waals surface area contributed by atoms with E-state index in [-0.39, 0.29) is 18.3 Å². The van der Waals surface area contributed by atoms with Gasteiger partial charge in [-0.2, -0.15) is 5.26 Å². The summed E-state index contributed by atoms with van der Waals surface area (Å²) < 4.78 is 4.94. The molecule has 0 unspecified atom stereocenters. The van der Waals surface area contributed by atoms with Crippen molar-refractivity contribution in [2.75, 3.05) is 24.3 Å². The number of nitrogens with zero attached hydrogens (tertiary/aromatic N) is 2. The Morgan fingerprint density at radius 3 is 2.65 bits per heavy atom. The second-order valence-electron chi connectivity index (χ2n) is 7.91. The van der Waals surface area contributed by atoms with Gasteiger partial charge in [0.15, 0.2) is 0 Å². The van der Waals surface area contributed by atoms with Gasteiger partial charge < -0.3 is 15.4 Å². The fourth-order valence-electron chi connectivity index (χ4n) is 4.17. The van der Waals surface area contributed by atoms with Gasteiger partial charge in [-0.05, 0) is 67.7 Å². The van der Waals surface area contributed by atoms with Crippen LogP contribution in [-0.2, 0) is 9.53 Å². The SMILES string of the molecule is COC(=O)c1ccccc1C1CCC(CNc2nccc(C)c2NC(=O)CC#N)CC1. The van der Waals surface area contributed by atoms with E-state index in [1.54, 1.807) is 6.20 Å². The first kappa shape index (κ1) is 22.3. The lowest BCUT2D eigenvalue weighted by molar-refractivity contribution is -0.115. The maximum absolute atomic E-state index is 12.1. The molecule has 0 radical (unpaired) electrons. The number of esters is 1. The second-order valence-corrected chi connectivity index (χ2v) is 7.91. The molecule has 7 nitrogen and oxygen atoms in total. The fraction of sp³-hybridized carbons (Fsp3) is 0.417. The summed E-state index contributed by atoms with van der Waals surface area (Å²) in [6.07, 6.45) is 5.61. The number of methoxy groups -OCH3 is 1. The van der Waals surface area contributed by atoms with Crippen molar-refractivity contribution < 1.29 is 14.3 Å². The predicted molar refractivity (Wildman–Crippen MR) is 119 cm³/mol. The molecule has 1 aliphatic carbocycles. The molecule has 1 amide bonds. The van der Waals surface area contributed by atoms with Gasteiger partial charge in [0.2, 0.25) is 5.91 Å². The van der Waals surface area contributed by atoms with E-state index in [1.165, 1.54) is 7.11 Å². The van der Waals surface area contributed by atoms with Gasteiger partial charge in [-0.1, -0.05) is 18.2 Å². The van der Waals surface area contributed by atoms with Crippen LogP contribution in [0.5, 0.6) is 0 Å². The maximum atomic E-state index is 12.1. The number of carbonyl (C=O) groups is 2. The minimum atomic E-state index is -0.341. The number of hydrogen-bond donors (Lipinski definition) is 2. The van der Waals surface area contributed by atoms with E-state index < -0.39 is 0 Å². The Labute approximate surface area is 182 Å². The Hall–Kier alpha value is -3.40. The monoisotopic (exact) mass is 420 g/mol. The van der Waals surface area contributed by atoms with Crippen LogP contribution in [-0.4, -0.2) is 30.5 Å². The zero-order chi connectivity index (χ0) is 22.2. The molecule has 1 aliphatic rings. The van der Waals surface area contributed by atoms with Crippen molar-refractivity contribution in [3.05, 3.63) is 53.2 Å². The number of nitrogens with one attached hydrogen (secondary N) is 2. The van der Waals surface area contributed by atoms with Crippen LogP contribution < -0.4 is 10.6 Å². The molecular weight excluding hydrogens is 392 g/mol. The molecule has 0 spiro atoms. The molecule has 162 valence electrons. The van der Waals surface area contributed by atoms with Gasteiger partial charge in [-0.15, -0.1) is 0 Å². The number of aryl methyl sites for hydroxylation is 1. The first-order valence-electron chi connectivity index (χ1n) is 10.6. The smallest absolute Gasteiger partial charge is 0.338 e. The van der Waals surface area contributed by atoms with E-state index in [1.807, 2.05) is 43.3 Å². The Morgan fingerprint density at radius 1 is 1.19 bits per heavy atom. The van der Waals surface area contributed by atoms with Crippen LogP contribution in [0.1, 0.15) is 59.5 Å². The average molecular weight is 421 g/mol. The third-order valence-corrected chi connectivity index (χ3v) is 5.87. The van der Waals surface area contributed by atoms with Crippen molar-refractivity contribution in [2.45, 2.75) is 44.9 Å². The molecule has 1 aromatic heterocycles. The minimum absolute atomic E-state index is 0.190. The normalized spacial score (nSPS) is 18.0. The van der Waals surface area contributed by atoms with Gasteiger partial charge in [-0.3, -0.25) is 4.79 Å². The van der Waals surface area contributed by atoms with E-state index in [0.29, 0.717) is 28.9 Å². The molecule has 0 atom stereocenters. The van der Waals surface area contributed by atoms with Crippen LogP contribution in [0.2, 0.25) is 0 Å². The lowest BCUT2D eigenvalue weighted by Gasteiger charge is -2.30. The summed E-state index contributed by atoms with van der Waals surface area (Å²) in [7, 11) is 1.41. The first-order valence-corrected chi connectivity index (χ1v) is 10.6. The highest BCUT2D eigenvalue weighted by atomic mass is 16.5. The van der Waals surface area contributed by atoms with Gasteiger partial charge in [0, 0.05) is 12.7 Å². The summed E-state index contributed by atoms with van der Waals surface area (Å²) in [6.45, 7) is 2.65. The highest BCUT2D eigenvalue weighted by molar-refractivity contribution is 5.95. The topological polar surface area (TPSA) is 104 Å². The number of benzene rings is 1. The Morgan fingerprint density at radius 2 is 1.94 bits per heavy atom. The minimum Gasteiger partial charge on any atom is -0.465 e. The van der Waals surface area contributed by atoms with Crippen molar-refractivity contribution in [1.29, 1.82) is 5.26 Å². The van der Waals surface area contributed by atoms with Crippen molar-refractivity contribution in [2.24, 2.45) is 5.92 Å². The number of anilines is 2. The van der Waals surface area contributed by atoms with Crippen LogP contribution in [0.4, 0.5) is 11.5 Å². The van der Waals surface area contributed by atoms with Crippen LogP contribution in [0, 0.1) is 24.2 Å². The molecule has 0 aliphatic heterocycles. The van der Waals surface area contributed by atoms with Crippen molar-refractivity contribution in [3.63, 3.8) is 0 Å². The lowest BCUT2D eigenvalue weighted by Crippen LogP contribution is -2.23. The third-order valence-electron chi connectivity index (χ3n) is 5.87. The van der Waals surface area contributed by atoms with E-state index in [9.17, 15) is 9.59 Å². The number of nitriles is 1. The number of rotatable bonds is 7. The molecule has 1 heterocycles. The van der Waals surface area contributed by atoms with Gasteiger partial charge in [-0.25, -0.2) is 9.78 Å². The Bertz CT molecular complexity index is 975. The van der Waals surface area contributed by atoms with E-state index >= 15 is 0 Å². The van der Waals surface area contributed by atoms with Crippen molar-refractivity contribution in [3.8, 4) is 6.07 Å². The number of carbonyl (C=O) groups excluding carboxylic acids is 2. The Kier molecular flexibility index (Phi) is 7.60. The zero-order valence-corrected chi connectivity index (χ0v) is 18.0. The molecule has 31 heavy (non-hydrogen) atoms. The number of aromatic nitrogens is 1. The van der Waals surface area contributed by atoms with Crippen LogP contribution in [0.25, 0.3) is 0 Å². The number of amides is 1. The van der Waals surface area contributed by atoms with Gasteiger partial charge >= 0.3 is 5.97 Å². The molecule has 7 heteroatoms. The van der Waals surface area contributed by atoms with Crippen LogP contribution in [0.3, 0.4) is 0 Å². The van der Waals surface area contributed by atoms with E-state index in [4.69, 9.17) is 10.00 Å². The molecule has 2 aromatic rings. The maximum Gasteiger partial charge on any atom is 0.338 e. The molecule has 1 fully saturated rings. The van der Waals surface area contributed by atoms with E-state index in [2.05, 4.69) is 15.6 Å². The van der Waals surface area contributed by atoms with Crippen molar-refractivity contribution in [1.82, 2.24) is 4.98 Å². The molecule has 1 aromatic carbocycles. The molecule has 2 N–H and O–H groups in total. The van der Waals surface area contributed by atoms with Crippen molar-refractivity contribution >= 4 is 23.4 Å². The fourth-order valence-corrected chi connectivity index (χ4v) is 4.17. The summed E-state index contributed by atoms with van der Waals surface area (Å²) in [4.78, 5) is 28.3. The third kappa shape index (κ3) is 5.60. The standard InChI is InChI=1S/C24H28N4O3/c1-16-12-14-26-23(22(16)28-21(29)11-13-25)27-15-17-7-9-18(10-8-17)19-5-3-4-6-20(19)24(30)31-2/h3-6,12,14,17-18H,7-11,15H2,1-2H3,(H,26,27)(H,28,29). The number of ether oxygens (including phenoxy) is 1.